The topological polar surface area (TPSA) is 47.3 Å². The van der Waals surface area contributed by atoms with Crippen LogP contribution in [-0.4, -0.2) is 20.9 Å². The molecule has 2 aromatic heterocycles. The second-order valence-corrected chi connectivity index (χ2v) is 2.85. The van der Waals surface area contributed by atoms with E-state index >= 15 is 0 Å². The molecular formula is C9H4ClN3O. The number of hydrogen-bond donors (Lipinski definition) is 0. The summed E-state index contributed by atoms with van der Waals surface area (Å²) in [4.78, 5) is 14.1. The molecule has 0 aliphatic carbocycles. The number of aldehydes is 1. The summed E-state index contributed by atoms with van der Waals surface area (Å²) in [5, 5.41) is 4.36. The Morgan fingerprint density at radius 3 is 3.21 bits per heavy atom. The Morgan fingerprint density at radius 2 is 2.43 bits per heavy atom. The van der Waals surface area contributed by atoms with Crippen LogP contribution in [0.3, 0.4) is 0 Å². The number of carbonyl (C=O) groups excluding carboxylic acids is 1. The predicted octanol–water partition coefficient (Wildman–Crippen LogP) is 0.933. The molecule has 0 N–H and O–H groups in total. The van der Waals surface area contributed by atoms with Crippen molar-refractivity contribution in [2.45, 2.75) is 0 Å². The smallest absolute Gasteiger partial charge is 0.193 e. The van der Waals surface area contributed by atoms with Gasteiger partial charge in [0, 0.05) is 6.20 Å². The highest BCUT2D eigenvalue weighted by Crippen LogP contribution is 2.10. The Morgan fingerprint density at radius 1 is 1.57 bits per heavy atom. The Hall–Kier alpha value is -1.86. The highest BCUT2D eigenvalue weighted by molar-refractivity contribution is 6.29. The van der Waals surface area contributed by atoms with Crippen molar-refractivity contribution in [3.8, 4) is 11.8 Å². The van der Waals surface area contributed by atoms with Crippen molar-refractivity contribution >= 4 is 23.5 Å². The Bertz CT molecular complexity index is 550. The van der Waals surface area contributed by atoms with E-state index in [1.165, 1.54) is 6.20 Å². The first-order valence-electron chi connectivity index (χ1n) is 3.76. The third kappa shape index (κ3) is 1.45. The molecule has 0 saturated heterocycles. The molecule has 0 fully saturated rings. The summed E-state index contributed by atoms with van der Waals surface area (Å²) in [5.41, 5.74) is 1.13. The Kier molecular flexibility index (Phi) is 2.17. The fourth-order valence-corrected chi connectivity index (χ4v) is 1.18. The molecule has 0 aliphatic rings. The molecule has 2 aromatic rings. The van der Waals surface area contributed by atoms with E-state index in [0.29, 0.717) is 22.6 Å². The summed E-state index contributed by atoms with van der Waals surface area (Å²) in [6.07, 6.45) is 3.74. The lowest BCUT2D eigenvalue weighted by Crippen LogP contribution is -1.89. The maximum Gasteiger partial charge on any atom is 0.193 e. The van der Waals surface area contributed by atoms with Gasteiger partial charge < -0.3 is 0 Å². The molecule has 0 aliphatic heterocycles. The molecule has 5 heteroatoms. The number of aromatic nitrogens is 3. The van der Waals surface area contributed by atoms with Crippen molar-refractivity contribution in [1.82, 2.24) is 14.6 Å². The SMILES string of the molecule is O=CC#Cc1cnn2ccc(Cl)nc12. The number of halogens is 1. The zero-order valence-electron chi connectivity index (χ0n) is 6.94. The summed E-state index contributed by atoms with van der Waals surface area (Å²) < 4.78 is 1.54. The van der Waals surface area contributed by atoms with Crippen LogP contribution >= 0.6 is 11.6 Å². The zero-order valence-corrected chi connectivity index (χ0v) is 7.69. The molecule has 0 radical (unpaired) electrons. The third-order valence-corrected chi connectivity index (χ3v) is 1.81. The largest absolute Gasteiger partial charge is 0.289 e. The van der Waals surface area contributed by atoms with E-state index in [9.17, 15) is 4.79 Å². The van der Waals surface area contributed by atoms with E-state index in [1.807, 2.05) is 0 Å². The lowest BCUT2D eigenvalue weighted by atomic mass is 10.3. The van der Waals surface area contributed by atoms with Gasteiger partial charge in [0.15, 0.2) is 11.9 Å². The van der Waals surface area contributed by atoms with Crippen LogP contribution in [0.5, 0.6) is 0 Å². The van der Waals surface area contributed by atoms with E-state index < -0.39 is 0 Å². The molecule has 14 heavy (non-hydrogen) atoms. The molecule has 68 valence electrons. The van der Waals surface area contributed by atoms with Crippen molar-refractivity contribution in [2.24, 2.45) is 0 Å². The predicted molar refractivity (Wildman–Crippen MR) is 50.9 cm³/mol. The molecule has 0 saturated carbocycles. The van der Waals surface area contributed by atoms with Gasteiger partial charge in [0.05, 0.1) is 11.8 Å². The number of carbonyl (C=O) groups is 1. The number of nitrogens with zero attached hydrogens (tertiary/aromatic N) is 3. The maximum absolute atomic E-state index is 10.1. The minimum Gasteiger partial charge on any atom is -0.289 e. The molecule has 0 amide bonds. The van der Waals surface area contributed by atoms with Crippen LogP contribution in [0.1, 0.15) is 5.56 Å². The van der Waals surface area contributed by atoms with E-state index in [0.717, 1.165) is 0 Å². The fraction of sp³-hybridized carbons (Fsp3) is 0. The van der Waals surface area contributed by atoms with Crippen LogP contribution in [0.2, 0.25) is 5.15 Å². The highest BCUT2D eigenvalue weighted by atomic mass is 35.5. The van der Waals surface area contributed by atoms with E-state index in [1.54, 1.807) is 16.8 Å². The van der Waals surface area contributed by atoms with E-state index in [2.05, 4.69) is 21.9 Å². The van der Waals surface area contributed by atoms with Gasteiger partial charge in [0.1, 0.15) is 5.15 Å². The van der Waals surface area contributed by atoms with Gasteiger partial charge in [0.2, 0.25) is 0 Å². The standard InChI is InChI=1S/C9H4ClN3O/c10-8-3-4-13-9(12-8)7(6-11-13)2-1-5-14/h3-6H. The minimum atomic E-state index is 0.368. The van der Waals surface area contributed by atoms with E-state index in [-0.39, 0.29) is 0 Å². The van der Waals surface area contributed by atoms with Crippen molar-refractivity contribution in [2.75, 3.05) is 0 Å². The van der Waals surface area contributed by atoms with E-state index in [4.69, 9.17) is 11.6 Å². The Labute approximate surface area is 84.5 Å². The number of fused-ring (bicyclic) bond motifs is 1. The summed E-state index contributed by atoms with van der Waals surface area (Å²) in [6.45, 7) is 0. The quantitative estimate of drug-likeness (QED) is 0.365. The van der Waals surface area contributed by atoms with Crippen LogP contribution in [-0.2, 0) is 4.79 Å². The second-order valence-electron chi connectivity index (χ2n) is 2.46. The van der Waals surface area contributed by atoms with Gasteiger partial charge in [-0.2, -0.15) is 5.10 Å². The second kappa shape index (κ2) is 3.48. The molecular weight excluding hydrogens is 202 g/mol. The van der Waals surface area contributed by atoms with Crippen LogP contribution in [0.15, 0.2) is 18.5 Å². The van der Waals surface area contributed by atoms with Crippen LogP contribution in [0, 0.1) is 11.8 Å². The first-order valence-corrected chi connectivity index (χ1v) is 4.14. The summed E-state index contributed by atoms with van der Waals surface area (Å²) >= 11 is 5.71. The maximum atomic E-state index is 10.1. The average Bonchev–Trinajstić information content (AvgIpc) is 2.57. The molecule has 0 spiro atoms. The van der Waals surface area contributed by atoms with Crippen LogP contribution in [0.25, 0.3) is 5.65 Å². The van der Waals surface area contributed by atoms with Gasteiger partial charge in [-0.1, -0.05) is 17.5 Å². The average molecular weight is 206 g/mol. The van der Waals surface area contributed by atoms with Gasteiger partial charge in [0.25, 0.3) is 0 Å². The van der Waals surface area contributed by atoms with Crippen LogP contribution < -0.4 is 0 Å². The Balaban J connectivity index is 2.66. The van der Waals surface area contributed by atoms with Crippen molar-refractivity contribution in [3.63, 3.8) is 0 Å². The van der Waals surface area contributed by atoms with Gasteiger partial charge in [-0.3, -0.25) is 4.79 Å². The summed E-state index contributed by atoms with van der Waals surface area (Å²) in [6, 6.07) is 1.62. The van der Waals surface area contributed by atoms with Crippen molar-refractivity contribution in [1.29, 1.82) is 0 Å². The minimum absolute atomic E-state index is 0.368. The first kappa shape index (κ1) is 8.73. The lowest BCUT2D eigenvalue weighted by molar-refractivity contribution is -0.103. The molecule has 2 rings (SSSR count). The fourth-order valence-electron chi connectivity index (χ4n) is 1.04. The normalized spacial score (nSPS) is 9.50. The molecule has 4 nitrogen and oxygen atoms in total. The summed E-state index contributed by atoms with van der Waals surface area (Å²) in [5.74, 6) is 4.92. The van der Waals surface area contributed by atoms with Gasteiger partial charge >= 0.3 is 0 Å². The first-order chi connectivity index (χ1) is 6.81. The van der Waals surface area contributed by atoms with Crippen molar-refractivity contribution in [3.05, 3.63) is 29.2 Å². The number of rotatable bonds is 0. The van der Waals surface area contributed by atoms with Gasteiger partial charge in [-0.05, 0) is 12.0 Å². The van der Waals surface area contributed by atoms with Gasteiger partial charge in [-0.25, -0.2) is 9.50 Å². The molecule has 0 aromatic carbocycles. The summed E-state index contributed by atoms with van der Waals surface area (Å²) in [7, 11) is 0. The zero-order chi connectivity index (χ0) is 9.97. The molecule has 0 bridgehead atoms. The monoisotopic (exact) mass is 205 g/mol. The third-order valence-electron chi connectivity index (χ3n) is 1.60. The van der Waals surface area contributed by atoms with Gasteiger partial charge in [-0.15, -0.1) is 0 Å². The van der Waals surface area contributed by atoms with Crippen LogP contribution in [0.4, 0.5) is 0 Å². The van der Waals surface area contributed by atoms with Crippen molar-refractivity contribution < 1.29 is 4.79 Å². The number of hydrogen-bond acceptors (Lipinski definition) is 3. The molecule has 0 unspecified atom stereocenters. The highest BCUT2D eigenvalue weighted by Gasteiger charge is 2.02. The lowest BCUT2D eigenvalue weighted by Gasteiger charge is -1.92. The molecule has 2 heterocycles. The molecule has 0 atom stereocenters.